The second kappa shape index (κ2) is 9.05. The van der Waals surface area contributed by atoms with Crippen LogP contribution >= 0.6 is 11.8 Å². The number of carbonyl (C=O) groups is 1. The second-order valence-electron chi connectivity index (χ2n) is 7.41. The number of hydrogen-bond acceptors (Lipinski definition) is 6. The number of nitrogens with one attached hydrogen (secondary N) is 1. The number of fused-ring (bicyclic) bond motifs is 1. The van der Waals surface area contributed by atoms with Gasteiger partial charge < -0.3 is 15.6 Å². The van der Waals surface area contributed by atoms with Crippen molar-refractivity contribution in [2.45, 2.75) is 18.2 Å². The molecule has 164 valence electrons. The number of pyridine rings is 1. The van der Waals surface area contributed by atoms with Gasteiger partial charge in [-0.05, 0) is 53.8 Å². The summed E-state index contributed by atoms with van der Waals surface area (Å²) in [7, 11) is 1.87. The first-order valence-electron chi connectivity index (χ1n) is 10.0. The number of nitrogens with zero attached hydrogens (tertiary/aromatic N) is 4. The molecule has 0 bridgehead atoms. The molecule has 0 fully saturated rings. The molecule has 0 aliphatic carbocycles. The van der Waals surface area contributed by atoms with Crippen molar-refractivity contribution >= 4 is 34.7 Å². The highest BCUT2D eigenvalue weighted by atomic mass is 32.2. The Bertz CT molecular complexity index is 1260. The van der Waals surface area contributed by atoms with Crippen LogP contribution in [-0.4, -0.2) is 43.0 Å². The third-order valence-electron chi connectivity index (χ3n) is 5.40. The van der Waals surface area contributed by atoms with Crippen LogP contribution in [0.25, 0.3) is 33.5 Å². The number of rotatable bonds is 6. The molecular weight excluding hydrogens is 427 g/mol. The number of thioether (sulfide) groups is 1. The van der Waals surface area contributed by atoms with Gasteiger partial charge in [0.2, 0.25) is 5.91 Å². The topological polar surface area (TPSA) is 98.7 Å². The molecule has 9 heteroatoms. The standard InChI is InChI=1S/C23H23FN6OS/c1-13(32-3)19(25)23(31)29-17-12-27-20-18(14-8-10-26-11-9-14)21(30(2)22(20)28-17)15-4-6-16(24)7-5-15/h4-13,19H,25H2,1-3H3,(H,28,29,31)/t13?,19-/m1/s1. The van der Waals surface area contributed by atoms with Crippen LogP contribution in [-0.2, 0) is 11.8 Å². The lowest BCUT2D eigenvalue weighted by Crippen LogP contribution is -2.42. The van der Waals surface area contributed by atoms with Crippen molar-refractivity contribution in [3.05, 3.63) is 60.8 Å². The van der Waals surface area contributed by atoms with Crippen LogP contribution in [0.1, 0.15) is 6.92 Å². The van der Waals surface area contributed by atoms with Gasteiger partial charge in [-0.3, -0.25) is 9.78 Å². The minimum absolute atomic E-state index is 0.0369. The number of carbonyl (C=O) groups excluding carboxylic acids is 1. The molecule has 1 unspecified atom stereocenters. The number of aryl methyl sites for hydroxylation is 1. The van der Waals surface area contributed by atoms with Crippen molar-refractivity contribution in [3.63, 3.8) is 0 Å². The Balaban J connectivity index is 1.85. The molecule has 32 heavy (non-hydrogen) atoms. The normalized spacial score (nSPS) is 13.2. The third kappa shape index (κ3) is 4.09. The number of hydrogen-bond donors (Lipinski definition) is 2. The number of anilines is 1. The summed E-state index contributed by atoms with van der Waals surface area (Å²) in [4.78, 5) is 25.9. The van der Waals surface area contributed by atoms with E-state index in [1.54, 1.807) is 24.5 Å². The summed E-state index contributed by atoms with van der Waals surface area (Å²) in [5.41, 5.74) is 10.7. The SMILES string of the molecule is CSC(C)[C@@H](N)C(=O)Nc1cnc2c(-c3ccncc3)c(-c3ccc(F)cc3)n(C)c2n1. The molecule has 4 rings (SSSR count). The largest absolute Gasteiger partial charge is 0.326 e. The highest BCUT2D eigenvalue weighted by Gasteiger charge is 2.23. The van der Waals surface area contributed by atoms with Gasteiger partial charge in [-0.2, -0.15) is 11.8 Å². The van der Waals surface area contributed by atoms with Crippen LogP contribution in [0.3, 0.4) is 0 Å². The molecule has 3 N–H and O–H groups in total. The smallest absolute Gasteiger partial charge is 0.243 e. The molecular formula is C23H23FN6OS. The maximum absolute atomic E-state index is 13.6. The fraction of sp³-hybridized carbons (Fsp3) is 0.217. The summed E-state index contributed by atoms with van der Waals surface area (Å²) in [5, 5.41) is 2.73. The molecule has 0 spiro atoms. The summed E-state index contributed by atoms with van der Waals surface area (Å²) in [6.07, 6.45) is 6.85. The number of halogens is 1. The Morgan fingerprint density at radius 3 is 2.50 bits per heavy atom. The van der Waals surface area contributed by atoms with Gasteiger partial charge in [0, 0.05) is 30.3 Å². The zero-order valence-corrected chi connectivity index (χ0v) is 18.7. The molecule has 1 aromatic carbocycles. The monoisotopic (exact) mass is 450 g/mol. The molecule has 7 nitrogen and oxygen atoms in total. The van der Waals surface area contributed by atoms with Gasteiger partial charge in [0.1, 0.15) is 11.3 Å². The van der Waals surface area contributed by atoms with Crippen molar-refractivity contribution in [1.82, 2.24) is 19.5 Å². The Morgan fingerprint density at radius 2 is 1.84 bits per heavy atom. The average Bonchev–Trinajstić information content (AvgIpc) is 3.11. The van der Waals surface area contributed by atoms with Crippen molar-refractivity contribution in [1.29, 1.82) is 0 Å². The Hall–Kier alpha value is -3.30. The Labute approximate surface area is 189 Å². The lowest BCUT2D eigenvalue weighted by molar-refractivity contribution is -0.117. The van der Waals surface area contributed by atoms with Gasteiger partial charge in [-0.15, -0.1) is 0 Å². The zero-order valence-electron chi connectivity index (χ0n) is 17.9. The van der Waals surface area contributed by atoms with Gasteiger partial charge in [0.05, 0.1) is 17.9 Å². The minimum atomic E-state index is -0.668. The molecule has 0 saturated heterocycles. The van der Waals surface area contributed by atoms with Gasteiger partial charge in [-0.25, -0.2) is 14.4 Å². The van der Waals surface area contributed by atoms with E-state index in [-0.39, 0.29) is 17.0 Å². The first kappa shape index (κ1) is 21.9. The van der Waals surface area contributed by atoms with Crippen molar-refractivity contribution < 1.29 is 9.18 Å². The summed E-state index contributed by atoms with van der Waals surface area (Å²) < 4.78 is 15.5. The molecule has 0 saturated carbocycles. The minimum Gasteiger partial charge on any atom is -0.326 e. The summed E-state index contributed by atoms with van der Waals surface area (Å²) in [6, 6.07) is 9.40. The van der Waals surface area contributed by atoms with Crippen molar-refractivity contribution in [3.8, 4) is 22.4 Å². The van der Waals surface area contributed by atoms with Crippen LogP contribution < -0.4 is 11.1 Å². The van der Waals surface area contributed by atoms with E-state index in [1.807, 2.05) is 36.9 Å². The van der Waals surface area contributed by atoms with E-state index in [0.29, 0.717) is 17.0 Å². The molecule has 1 amide bonds. The van der Waals surface area contributed by atoms with Crippen LogP contribution in [0, 0.1) is 5.82 Å². The van der Waals surface area contributed by atoms with E-state index in [4.69, 9.17) is 5.73 Å². The summed E-state index contributed by atoms with van der Waals surface area (Å²) in [6.45, 7) is 1.90. The molecule has 3 aromatic heterocycles. The van der Waals surface area contributed by atoms with E-state index in [0.717, 1.165) is 22.4 Å². The molecule has 0 aliphatic heterocycles. The van der Waals surface area contributed by atoms with Gasteiger partial charge in [0.25, 0.3) is 0 Å². The van der Waals surface area contributed by atoms with Gasteiger partial charge in [-0.1, -0.05) is 6.92 Å². The summed E-state index contributed by atoms with van der Waals surface area (Å²) in [5.74, 6) is -0.309. The predicted molar refractivity (Wildman–Crippen MR) is 127 cm³/mol. The van der Waals surface area contributed by atoms with Crippen LogP contribution in [0.4, 0.5) is 10.2 Å². The van der Waals surface area contributed by atoms with E-state index in [9.17, 15) is 9.18 Å². The lowest BCUT2D eigenvalue weighted by atomic mass is 10.0. The molecule has 2 atom stereocenters. The number of nitrogens with two attached hydrogens (primary N) is 1. The van der Waals surface area contributed by atoms with E-state index in [2.05, 4.69) is 20.3 Å². The van der Waals surface area contributed by atoms with Crippen LogP contribution in [0.15, 0.2) is 55.0 Å². The highest BCUT2D eigenvalue weighted by Crippen LogP contribution is 2.39. The van der Waals surface area contributed by atoms with Crippen molar-refractivity contribution in [2.75, 3.05) is 11.6 Å². The Morgan fingerprint density at radius 1 is 1.16 bits per heavy atom. The predicted octanol–water partition coefficient (Wildman–Crippen LogP) is 3.85. The number of benzene rings is 1. The third-order valence-corrected chi connectivity index (χ3v) is 6.44. The number of aromatic nitrogens is 4. The lowest BCUT2D eigenvalue weighted by Gasteiger charge is -2.16. The molecule has 0 radical (unpaired) electrons. The molecule has 4 aromatic rings. The van der Waals surface area contributed by atoms with Crippen molar-refractivity contribution in [2.24, 2.45) is 12.8 Å². The zero-order chi connectivity index (χ0) is 22.8. The maximum atomic E-state index is 13.6. The summed E-state index contributed by atoms with van der Waals surface area (Å²) >= 11 is 1.52. The quantitative estimate of drug-likeness (QED) is 0.463. The van der Waals surface area contributed by atoms with Crippen LogP contribution in [0.2, 0.25) is 0 Å². The first-order valence-corrected chi connectivity index (χ1v) is 11.3. The Kier molecular flexibility index (Phi) is 6.20. The first-order chi connectivity index (χ1) is 15.4. The fourth-order valence-corrected chi connectivity index (χ4v) is 3.96. The molecule has 0 aliphatic rings. The fourth-order valence-electron chi connectivity index (χ4n) is 3.54. The maximum Gasteiger partial charge on any atom is 0.243 e. The van der Waals surface area contributed by atoms with Gasteiger partial charge >= 0.3 is 0 Å². The number of amides is 1. The molecule has 3 heterocycles. The van der Waals surface area contributed by atoms with E-state index < -0.39 is 6.04 Å². The van der Waals surface area contributed by atoms with E-state index >= 15 is 0 Å². The van der Waals surface area contributed by atoms with Gasteiger partial charge in [0.15, 0.2) is 11.5 Å². The average molecular weight is 451 g/mol. The van der Waals surface area contributed by atoms with Crippen LogP contribution in [0.5, 0.6) is 0 Å². The highest BCUT2D eigenvalue weighted by molar-refractivity contribution is 7.99. The van der Waals surface area contributed by atoms with E-state index in [1.165, 1.54) is 30.1 Å². The second-order valence-corrected chi connectivity index (χ2v) is 8.62.